The van der Waals surface area contributed by atoms with Crippen molar-refractivity contribution < 1.29 is 14.7 Å². The Morgan fingerprint density at radius 2 is 2.43 bits per heavy atom. The van der Waals surface area contributed by atoms with Crippen molar-refractivity contribution in [2.45, 2.75) is 12.8 Å². The summed E-state index contributed by atoms with van der Waals surface area (Å²) in [6.07, 6.45) is 0.462. The average molecular weight is 213 g/mol. The van der Waals surface area contributed by atoms with Crippen LogP contribution < -0.4 is 0 Å². The van der Waals surface area contributed by atoms with E-state index in [-0.39, 0.29) is 6.42 Å². The van der Waals surface area contributed by atoms with Crippen LogP contribution in [-0.2, 0) is 9.63 Å². The number of nitrogens with zero attached hydrogens (tertiary/aromatic N) is 1. The fraction of sp³-hybridized carbons (Fsp3) is 0.333. The van der Waals surface area contributed by atoms with Gasteiger partial charge in [-0.3, -0.25) is 4.79 Å². The van der Waals surface area contributed by atoms with Gasteiger partial charge in [0.05, 0.1) is 17.0 Å². The molecule has 0 saturated heterocycles. The number of thiophene rings is 1. The van der Waals surface area contributed by atoms with Gasteiger partial charge in [0.2, 0.25) is 0 Å². The number of rotatable bonds is 5. The van der Waals surface area contributed by atoms with E-state index in [2.05, 4.69) is 9.99 Å². The molecule has 0 saturated carbocycles. The van der Waals surface area contributed by atoms with E-state index in [4.69, 9.17) is 5.11 Å². The van der Waals surface area contributed by atoms with Crippen molar-refractivity contribution in [3.8, 4) is 0 Å². The van der Waals surface area contributed by atoms with Gasteiger partial charge in [-0.25, -0.2) is 0 Å². The first kappa shape index (κ1) is 10.7. The Hall–Kier alpha value is -1.36. The molecule has 0 atom stereocenters. The molecular formula is C9H11NO3S. The highest BCUT2D eigenvalue weighted by molar-refractivity contribution is 7.12. The minimum absolute atomic E-state index is 0.0695. The zero-order valence-corrected chi connectivity index (χ0v) is 8.58. The van der Waals surface area contributed by atoms with E-state index >= 15 is 0 Å². The molecule has 1 aromatic heterocycles. The summed E-state index contributed by atoms with van der Waals surface area (Å²) in [5.74, 6) is -0.828. The summed E-state index contributed by atoms with van der Waals surface area (Å²) in [5.41, 5.74) is 0.685. The van der Waals surface area contributed by atoms with Crippen molar-refractivity contribution >= 4 is 23.0 Å². The van der Waals surface area contributed by atoms with E-state index in [1.165, 1.54) is 18.4 Å². The van der Waals surface area contributed by atoms with Crippen LogP contribution in [0.3, 0.4) is 0 Å². The van der Waals surface area contributed by atoms with E-state index in [1.54, 1.807) is 0 Å². The molecule has 0 aliphatic carbocycles. The third-order valence-corrected chi connectivity index (χ3v) is 2.50. The maximum atomic E-state index is 10.4. The summed E-state index contributed by atoms with van der Waals surface area (Å²) in [6, 6.07) is 3.79. The quantitative estimate of drug-likeness (QED) is 0.601. The zero-order chi connectivity index (χ0) is 10.4. The van der Waals surface area contributed by atoms with Crippen molar-refractivity contribution in [2.75, 3.05) is 7.11 Å². The molecule has 0 spiro atoms. The highest BCUT2D eigenvalue weighted by Crippen LogP contribution is 2.13. The molecule has 5 heteroatoms. The molecule has 0 radical (unpaired) electrons. The number of hydrogen-bond acceptors (Lipinski definition) is 4. The Labute approximate surface area is 85.8 Å². The predicted octanol–water partition coefficient (Wildman–Crippen LogP) is 1.96. The molecule has 0 aliphatic heterocycles. The largest absolute Gasteiger partial charge is 0.481 e. The molecule has 0 aliphatic rings. The first-order chi connectivity index (χ1) is 6.74. The Kier molecular flexibility index (Phi) is 4.12. The summed E-state index contributed by atoms with van der Waals surface area (Å²) >= 11 is 1.52. The lowest BCUT2D eigenvalue weighted by molar-refractivity contribution is -0.136. The number of carbonyl (C=O) groups is 1. The SMILES string of the molecule is CO/N=C(/CCC(=O)O)c1cccs1. The second kappa shape index (κ2) is 5.39. The van der Waals surface area contributed by atoms with E-state index in [0.29, 0.717) is 12.1 Å². The van der Waals surface area contributed by atoms with Crippen molar-refractivity contribution in [3.05, 3.63) is 22.4 Å². The summed E-state index contributed by atoms with van der Waals surface area (Å²) < 4.78 is 0. The molecule has 1 heterocycles. The van der Waals surface area contributed by atoms with Gasteiger partial charge in [0.1, 0.15) is 7.11 Å². The molecule has 1 aromatic rings. The first-order valence-corrected chi connectivity index (χ1v) is 4.97. The molecule has 76 valence electrons. The molecule has 0 amide bonds. The molecule has 0 unspecified atom stereocenters. The Morgan fingerprint density at radius 1 is 1.64 bits per heavy atom. The summed E-state index contributed by atoms with van der Waals surface area (Å²) in [7, 11) is 1.45. The fourth-order valence-corrected chi connectivity index (χ4v) is 1.73. The normalized spacial score (nSPS) is 11.4. The van der Waals surface area contributed by atoms with Gasteiger partial charge in [-0.05, 0) is 11.4 Å². The van der Waals surface area contributed by atoms with Gasteiger partial charge in [0.25, 0.3) is 0 Å². The molecular weight excluding hydrogens is 202 g/mol. The highest BCUT2D eigenvalue weighted by Gasteiger charge is 2.08. The fourth-order valence-electron chi connectivity index (χ4n) is 0.992. The monoisotopic (exact) mass is 213 g/mol. The average Bonchev–Trinajstić information content (AvgIpc) is 2.64. The number of oxime groups is 1. The maximum absolute atomic E-state index is 10.4. The molecule has 14 heavy (non-hydrogen) atoms. The van der Waals surface area contributed by atoms with E-state index in [9.17, 15) is 4.79 Å². The lowest BCUT2D eigenvalue weighted by atomic mass is 10.2. The summed E-state index contributed by atoms with van der Waals surface area (Å²) in [5, 5.41) is 14.3. The summed E-state index contributed by atoms with van der Waals surface area (Å²) in [4.78, 5) is 16.0. The van der Waals surface area contributed by atoms with Gasteiger partial charge in [-0.15, -0.1) is 11.3 Å². The van der Waals surface area contributed by atoms with Crippen molar-refractivity contribution in [3.63, 3.8) is 0 Å². The second-order valence-corrected chi connectivity index (χ2v) is 3.54. The van der Waals surface area contributed by atoms with Crippen LogP contribution in [0.1, 0.15) is 17.7 Å². The van der Waals surface area contributed by atoms with Crippen molar-refractivity contribution in [1.29, 1.82) is 0 Å². The molecule has 0 aromatic carbocycles. The van der Waals surface area contributed by atoms with Gasteiger partial charge in [0, 0.05) is 6.42 Å². The molecule has 1 rings (SSSR count). The zero-order valence-electron chi connectivity index (χ0n) is 7.77. The maximum Gasteiger partial charge on any atom is 0.303 e. The molecule has 0 bridgehead atoms. The van der Waals surface area contributed by atoms with Crippen LogP contribution in [0.2, 0.25) is 0 Å². The summed E-state index contributed by atoms with van der Waals surface area (Å²) in [6.45, 7) is 0. The van der Waals surface area contributed by atoms with Gasteiger partial charge in [-0.2, -0.15) is 0 Å². The number of carboxylic acid groups (broad SMARTS) is 1. The lowest BCUT2D eigenvalue weighted by Crippen LogP contribution is -2.04. The van der Waals surface area contributed by atoms with Gasteiger partial charge in [-0.1, -0.05) is 11.2 Å². The number of hydrogen-bond donors (Lipinski definition) is 1. The minimum atomic E-state index is -0.828. The van der Waals surface area contributed by atoms with E-state index in [0.717, 1.165) is 4.88 Å². The first-order valence-electron chi connectivity index (χ1n) is 4.09. The minimum Gasteiger partial charge on any atom is -0.481 e. The Morgan fingerprint density at radius 3 is 2.93 bits per heavy atom. The third-order valence-electron chi connectivity index (χ3n) is 1.58. The topological polar surface area (TPSA) is 58.9 Å². The van der Waals surface area contributed by atoms with Gasteiger partial charge >= 0.3 is 5.97 Å². The molecule has 1 N–H and O–H groups in total. The van der Waals surface area contributed by atoms with Gasteiger partial charge in [0.15, 0.2) is 0 Å². The van der Waals surface area contributed by atoms with Crippen LogP contribution in [0.5, 0.6) is 0 Å². The van der Waals surface area contributed by atoms with E-state index < -0.39 is 5.97 Å². The van der Waals surface area contributed by atoms with Crippen molar-refractivity contribution in [2.24, 2.45) is 5.16 Å². The smallest absolute Gasteiger partial charge is 0.303 e. The van der Waals surface area contributed by atoms with Crippen LogP contribution in [0.15, 0.2) is 22.7 Å². The number of aliphatic carboxylic acids is 1. The van der Waals surface area contributed by atoms with Crippen LogP contribution in [0, 0.1) is 0 Å². The van der Waals surface area contributed by atoms with E-state index in [1.807, 2.05) is 17.5 Å². The standard InChI is InChI=1S/C9H11NO3S/c1-13-10-7(4-5-9(11)12)8-3-2-6-14-8/h2-3,6H,4-5H2,1H3,(H,11,12)/b10-7-. The predicted molar refractivity (Wildman–Crippen MR) is 54.7 cm³/mol. The van der Waals surface area contributed by atoms with Crippen LogP contribution in [0.4, 0.5) is 0 Å². The Balaban J connectivity index is 2.66. The van der Waals surface area contributed by atoms with Crippen molar-refractivity contribution in [1.82, 2.24) is 0 Å². The Bertz CT molecular complexity index is 319. The molecule has 0 fully saturated rings. The number of carboxylic acids is 1. The van der Waals surface area contributed by atoms with Crippen LogP contribution >= 0.6 is 11.3 Å². The second-order valence-electron chi connectivity index (χ2n) is 2.59. The van der Waals surface area contributed by atoms with Gasteiger partial charge < -0.3 is 9.94 Å². The molecule has 4 nitrogen and oxygen atoms in total. The highest BCUT2D eigenvalue weighted by atomic mass is 32.1. The lowest BCUT2D eigenvalue weighted by Gasteiger charge is -2.00. The van der Waals surface area contributed by atoms with Crippen LogP contribution in [0.25, 0.3) is 0 Å². The third kappa shape index (κ3) is 3.18. The van der Waals surface area contributed by atoms with Crippen LogP contribution in [-0.4, -0.2) is 23.9 Å².